The summed E-state index contributed by atoms with van der Waals surface area (Å²) in [7, 11) is 0. The lowest BCUT2D eigenvalue weighted by atomic mass is 9.43. The second kappa shape index (κ2) is 12.3. The molecule has 8 bridgehead atoms. The maximum atomic E-state index is 11.5. The molecule has 0 saturated heterocycles. The lowest BCUT2D eigenvalue weighted by molar-refractivity contribution is -0.763. The van der Waals surface area contributed by atoms with Crippen LogP contribution in [0.5, 0.6) is 0 Å². The van der Waals surface area contributed by atoms with Crippen LogP contribution in [0.2, 0.25) is 0 Å². The van der Waals surface area contributed by atoms with Gasteiger partial charge in [0.15, 0.2) is 0 Å². The minimum atomic E-state index is -0.730. The van der Waals surface area contributed by atoms with E-state index in [0.29, 0.717) is 54.4 Å². The largest absolute Gasteiger partial charge is 0.330 e. The summed E-state index contributed by atoms with van der Waals surface area (Å²) in [5.74, 6) is 5.05. The van der Waals surface area contributed by atoms with Crippen molar-refractivity contribution in [2.75, 3.05) is 13.2 Å². The van der Waals surface area contributed by atoms with Gasteiger partial charge in [-0.3, -0.25) is 0 Å². The van der Waals surface area contributed by atoms with Gasteiger partial charge < -0.3 is 21.1 Å². The smallest absolute Gasteiger partial charge is 0.294 e. The van der Waals surface area contributed by atoms with E-state index in [-0.39, 0.29) is 24.2 Å². The molecule has 258 valence electrons. The zero-order valence-corrected chi connectivity index (χ0v) is 27.8. The van der Waals surface area contributed by atoms with Gasteiger partial charge in [0.1, 0.15) is 6.61 Å². The van der Waals surface area contributed by atoms with E-state index in [1.54, 1.807) is 0 Å². The molecule has 10 nitrogen and oxygen atoms in total. The van der Waals surface area contributed by atoms with Gasteiger partial charge in [-0.15, -0.1) is 20.2 Å². The Labute approximate surface area is 282 Å². The molecule has 0 radical (unpaired) electrons. The van der Waals surface area contributed by atoms with Crippen LogP contribution >= 0.6 is 0 Å². The molecular weight excluding hydrogens is 608 g/mol. The molecule has 0 aromatic heterocycles. The second-order valence-corrected chi connectivity index (χ2v) is 16.5. The van der Waals surface area contributed by atoms with Gasteiger partial charge in [0.2, 0.25) is 0 Å². The molecule has 0 amide bonds. The number of hydrogen-bond donors (Lipinski definition) is 2. The molecule has 8 saturated carbocycles. The Balaban J connectivity index is 1.03. The highest BCUT2D eigenvalue weighted by molar-refractivity contribution is 5.43. The number of rotatable bonds is 13. The fourth-order valence-electron chi connectivity index (χ4n) is 12.9. The van der Waals surface area contributed by atoms with Crippen LogP contribution in [0, 0.1) is 67.6 Å². The number of unbranched alkanes of at least 4 members (excludes halogenated alkanes) is 1. The van der Waals surface area contributed by atoms with E-state index >= 15 is 0 Å². The third-order valence-corrected chi connectivity index (χ3v) is 14.5. The summed E-state index contributed by atoms with van der Waals surface area (Å²) in [6, 6.07) is 15.7. The van der Waals surface area contributed by atoms with Crippen molar-refractivity contribution in [1.29, 1.82) is 0 Å². The minimum Gasteiger partial charge on any atom is -0.330 e. The summed E-state index contributed by atoms with van der Waals surface area (Å²) in [5.41, 5.74) is 19.8. The zero-order valence-electron chi connectivity index (χ0n) is 27.8. The van der Waals surface area contributed by atoms with Crippen LogP contribution in [0.3, 0.4) is 0 Å². The Bertz CT molecular complexity index is 1500. The molecule has 0 heterocycles. The standard InChI is InChI=1S/C38H50N4O6/c39-22-37(31-12-24-10-25(14-31)15-32(37)13-24)29-7-8-35(28(20-29)21-48-42(45)46)36-26-16-33-18-27(36)19-34(17-26)38(33,40)30-6-3-5-23(11-30)4-1-2-9-47-41(43)44/h3,5-8,11,20,24-27,31-34,36H,1-2,4,9-10,12-19,21-22,39-40H2. The number of aryl methyl sites for hydroxylation is 1. The molecule has 2 aromatic rings. The van der Waals surface area contributed by atoms with E-state index in [0.717, 1.165) is 55.9 Å². The molecule has 0 atom stereocenters. The van der Waals surface area contributed by atoms with Gasteiger partial charge in [-0.05, 0) is 158 Å². The van der Waals surface area contributed by atoms with Gasteiger partial charge in [0.25, 0.3) is 10.2 Å². The molecule has 10 rings (SSSR count). The fraction of sp³-hybridized carbons (Fsp3) is 0.684. The highest BCUT2D eigenvalue weighted by Gasteiger charge is 2.60. The molecule has 0 spiro atoms. The predicted molar refractivity (Wildman–Crippen MR) is 179 cm³/mol. The average molecular weight is 659 g/mol. The van der Waals surface area contributed by atoms with Crippen molar-refractivity contribution < 1.29 is 19.8 Å². The van der Waals surface area contributed by atoms with Gasteiger partial charge in [-0.25, -0.2) is 0 Å². The Morgan fingerprint density at radius 2 is 1.40 bits per heavy atom. The number of hydrogen-bond acceptors (Lipinski definition) is 8. The van der Waals surface area contributed by atoms with Crippen molar-refractivity contribution in [3.63, 3.8) is 0 Å². The number of nitrogens with two attached hydrogens (primary N) is 2. The van der Waals surface area contributed by atoms with Crippen molar-refractivity contribution in [3.05, 3.63) is 90.5 Å². The van der Waals surface area contributed by atoms with Crippen LogP contribution < -0.4 is 11.5 Å². The lowest BCUT2D eigenvalue weighted by Gasteiger charge is -2.63. The van der Waals surface area contributed by atoms with Gasteiger partial charge in [-0.2, -0.15) is 0 Å². The monoisotopic (exact) mass is 658 g/mol. The molecule has 8 aliphatic carbocycles. The van der Waals surface area contributed by atoms with Crippen LogP contribution in [-0.2, 0) is 33.7 Å². The summed E-state index contributed by atoms with van der Waals surface area (Å²) in [4.78, 5) is 31.5. The van der Waals surface area contributed by atoms with E-state index in [9.17, 15) is 20.2 Å². The highest BCUT2D eigenvalue weighted by atomic mass is 17.0. The van der Waals surface area contributed by atoms with Crippen LogP contribution in [0.4, 0.5) is 0 Å². The second-order valence-electron chi connectivity index (χ2n) is 16.5. The third-order valence-electron chi connectivity index (χ3n) is 14.5. The van der Waals surface area contributed by atoms with E-state index in [4.69, 9.17) is 16.3 Å². The molecule has 48 heavy (non-hydrogen) atoms. The highest BCUT2D eigenvalue weighted by Crippen LogP contribution is 2.66. The summed E-state index contributed by atoms with van der Waals surface area (Å²) in [6.45, 7) is 0.760. The number of benzene rings is 2. The predicted octanol–water partition coefficient (Wildman–Crippen LogP) is 6.58. The molecule has 2 aromatic carbocycles. The molecular formula is C38H50N4O6. The van der Waals surface area contributed by atoms with Crippen molar-refractivity contribution in [2.24, 2.45) is 58.8 Å². The van der Waals surface area contributed by atoms with Crippen molar-refractivity contribution in [3.8, 4) is 0 Å². The Morgan fingerprint density at radius 3 is 2.00 bits per heavy atom. The summed E-state index contributed by atoms with van der Waals surface area (Å²) in [5, 5.41) is 20.6. The van der Waals surface area contributed by atoms with Crippen molar-refractivity contribution >= 4 is 0 Å². The summed E-state index contributed by atoms with van der Waals surface area (Å²) >= 11 is 0. The SMILES string of the molecule is NCC1(c2ccc(C3C4CC5CC3CC(C4)C5(N)c3cccc(CCCCO[N+](=O)[O-])c3)c(CO[N+](=O)[O-])c2)C2CC3CC(C2)CC1C3. The molecule has 0 unspecified atom stereocenters. The summed E-state index contributed by atoms with van der Waals surface area (Å²) in [6.07, 6.45) is 13.0. The Hall–Kier alpha value is -3.24. The van der Waals surface area contributed by atoms with Gasteiger partial charge in [0, 0.05) is 17.5 Å². The summed E-state index contributed by atoms with van der Waals surface area (Å²) < 4.78 is 0. The van der Waals surface area contributed by atoms with E-state index in [1.165, 1.54) is 54.4 Å². The lowest BCUT2D eigenvalue weighted by Crippen LogP contribution is -2.62. The van der Waals surface area contributed by atoms with E-state index in [2.05, 4.69) is 47.3 Å². The first-order valence-electron chi connectivity index (χ1n) is 18.4. The van der Waals surface area contributed by atoms with E-state index < -0.39 is 10.2 Å². The van der Waals surface area contributed by atoms with Crippen molar-refractivity contribution in [2.45, 2.75) is 101 Å². The number of nitrogens with zero attached hydrogens (tertiary/aromatic N) is 2. The minimum absolute atomic E-state index is 0.00795. The fourth-order valence-corrected chi connectivity index (χ4v) is 12.9. The van der Waals surface area contributed by atoms with Crippen LogP contribution in [0.25, 0.3) is 0 Å². The van der Waals surface area contributed by atoms with Crippen LogP contribution in [0.15, 0.2) is 42.5 Å². The Kier molecular flexibility index (Phi) is 8.18. The van der Waals surface area contributed by atoms with Crippen LogP contribution in [-0.4, -0.2) is 23.3 Å². The van der Waals surface area contributed by atoms with E-state index in [1.807, 2.05) is 0 Å². The maximum absolute atomic E-state index is 11.5. The quantitative estimate of drug-likeness (QED) is 0.139. The zero-order chi connectivity index (χ0) is 33.2. The first-order valence-corrected chi connectivity index (χ1v) is 18.4. The molecule has 10 heteroatoms. The first kappa shape index (κ1) is 32.0. The topological polar surface area (TPSA) is 157 Å². The molecule has 8 aliphatic rings. The van der Waals surface area contributed by atoms with Gasteiger partial charge in [0.05, 0.1) is 6.61 Å². The van der Waals surface area contributed by atoms with Crippen molar-refractivity contribution in [1.82, 2.24) is 0 Å². The third kappa shape index (κ3) is 5.20. The Morgan fingerprint density at radius 1 is 0.750 bits per heavy atom. The first-order chi connectivity index (χ1) is 23.2. The molecule has 8 fully saturated rings. The molecule has 4 N–H and O–H groups in total. The maximum Gasteiger partial charge on any atom is 0.294 e. The van der Waals surface area contributed by atoms with Crippen LogP contribution in [0.1, 0.15) is 104 Å². The molecule has 0 aliphatic heterocycles. The normalized spacial score (nSPS) is 38.7. The van der Waals surface area contributed by atoms with Gasteiger partial charge in [-0.1, -0.05) is 42.5 Å². The average Bonchev–Trinajstić information content (AvgIpc) is 3.05. The van der Waals surface area contributed by atoms with Gasteiger partial charge >= 0.3 is 0 Å².